The van der Waals surface area contributed by atoms with E-state index in [9.17, 15) is 4.79 Å². The Labute approximate surface area is 96.5 Å². The Balaban J connectivity index is 2.19. The van der Waals surface area contributed by atoms with Gasteiger partial charge < -0.3 is 16.3 Å². The number of hydrogen-bond acceptors (Lipinski definition) is 4. The minimum atomic E-state index is -0.321. The molecule has 0 bridgehead atoms. The maximum Gasteiger partial charge on any atom is 0.255 e. The Bertz CT molecular complexity index is 575. The van der Waals surface area contributed by atoms with E-state index >= 15 is 0 Å². The summed E-state index contributed by atoms with van der Waals surface area (Å²) in [7, 11) is 0. The Morgan fingerprint density at radius 3 is 3.18 bits per heavy atom. The van der Waals surface area contributed by atoms with Crippen LogP contribution in [0.2, 0.25) is 0 Å². The smallest absolute Gasteiger partial charge is 0.255 e. The van der Waals surface area contributed by atoms with Gasteiger partial charge >= 0.3 is 0 Å². The molecule has 0 spiro atoms. The maximum absolute atomic E-state index is 11.8. The molecular weight excluding hydrogens is 222 g/mol. The quantitative estimate of drug-likeness (QED) is 0.296. The van der Waals surface area contributed by atoms with E-state index in [1.807, 2.05) is 12.1 Å². The van der Waals surface area contributed by atoms with Crippen molar-refractivity contribution in [2.75, 3.05) is 6.54 Å². The minimum absolute atomic E-state index is 0.0144. The van der Waals surface area contributed by atoms with Crippen LogP contribution in [0.25, 0.3) is 5.52 Å². The Kier molecular flexibility index (Phi) is 2.91. The Hall–Kier alpha value is -2.57. The number of hydrogen-bond donors (Lipinski definition) is 3. The lowest BCUT2D eigenvalue weighted by molar-refractivity contribution is 0.0960. The number of amides is 1. The number of nitrogens with zero attached hydrogens (tertiary/aromatic N) is 3. The summed E-state index contributed by atoms with van der Waals surface area (Å²) in [6.45, 7) is -0.0144. The first-order valence-electron chi connectivity index (χ1n) is 4.89. The molecule has 88 valence electrons. The van der Waals surface area contributed by atoms with Gasteiger partial charge in [0.25, 0.3) is 5.91 Å². The van der Waals surface area contributed by atoms with Crippen LogP contribution >= 0.6 is 0 Å². The molecule has 7 nitrogen and oxygen atoms in total. The van der Waals surface area contributed by atoms with Gasteiger partial charge in [0.05, 0.1) is 23.8 Å². The zero-order valence-corrected chi connectivity index (χ0v) is 8.87. The highest BCUT2D eigenvalue weighted by Crippen LogP contribution is 2.09. The van der Waals surface area contributed by atoms with Gasteiger partial charge in [-0.15, -0.1) is 0 Å². The summed E-state index contributed by atoms with van der Waals surface area (Å²) >= 11 is 0. The number of carbonyl (C=O) groups is 1. The molecular formula is C10H11N5O2. The zero-order chi connectivity index (χ0) is 12.3. The van der Waals surface area contributed by atoms with Crippen LogP contribution in [0.1, 0.15) is 10.4 Å². The van der Waals surface area contributed by atoms with Crippen molar-refractivity contribution in [3.63, 3.8) is 0 Å². The largest absolute Gasteiger partial charge is 0.409 e. The van der Waals surface area contributed by atoms with E-state index in [0.29, 0.717) is 11.1 Å². The van der Waals surface area contributed by atoms with Crippen LogP contribution in [0.3, 0.4) is 0 Å². The van der Waals surface area contributed by atoms with Crippen molar-refractivity contribution >= 4 is 17.3 Å². The summed E-state index contributed by atoms with van der Waals surface area (Å²) in [6, 6.07) is 5.42. The van der Waals surface area contributed by atoms with E-state index in [0.717, 1.165) is 0 Å². The number of aromatic nitrogens is 2. The van der Waals surface area contributed by atoms with Crippen molar-refractivity contribution < 1.29 is 10.0 Å². The molecule has 0 atom stereocenters. The third-order valence-corrected chi connectivity index (χ3v) is 2.23. The fourth-order valence-electron chi connectivity index (χ4n) is 1.41. The lowest BCUT2D eigenvalue weighted by Crippen LogP contribution is -2.33. The highest BCUT2D eigenvalue weighted by atomic mass is 16.4. The molecule has 2 rings (SSSR count). The molecule has 0 saturated heterocycles. The van der Waals surface area contributed by atoms with Gasteiger partial charge in [-0.3, -0.25) is 4.79 Å². The second-order valence-corrected chi connectivity index (χ2v) is 3.36. The molecule has 0 aliphatic heterocycles. The van der Waals surface area contributed by atoms with Crippen molar-refractivity contribution in [3.05, 3.63) is 36.2 Å². The average Bonchev–Trinajstić information content (AvgIpc) is 2.79. The van der Waals surface area contributed by atoms with Gasteiger partial charge in [-0.1, -0.05) is 11.2 Å². The Morgan fingerprint density at radius 1 is 1.59 bits per heavy atom. The second-order valence-electron chi connectivity index (χ2n) is 3.36. The van der Waals surface area contributed by atoms with Crippen LogP contribution in [-0.4, -0.2) is 33.1 Å². The number of nitrogens with one attached hydrogen (secondary N) is 1. The van der Waals surface area contributed by atoms with E-state index in [-0.39, 0.29) is 18.3 Å². The predicted octanol–water partition coefficient (Wildman–Crippen LogP) is -0.189. The van der Waals surface area contributed by atoms with Gasteiger partial charge in [-0.25, -0.2) is 4.52 Å². The lowest BCUT2D eigenvalue weighted by Gasteiger charge is -2.02. The van der Waals surface area contributed by atoms with Crippen LogP contribution < -0.4 is 11.1 Å². The molecule has 7 heteroatoms. The molecule has 17 heavy (non-hydrogen) atoms. The highest BCUT2D eigenvalue weighted by Gasteiger charge is 2.11. The van der Waals surface area contributed by atoms with Crippen molar-refractivity contribution in [1.82, 2.24) is 14.9 Å². The second kappa shape index (κ2) is 4.52. The number of oxime groups is 1. The molecule has 1 amide bonds. The summed E-state index contributed by atoms with van der Waals surface area (Å²) in [5.74, 6) is -0.382. The first-order valence-corrected chi connectivity index (χ1v) is 4.89. The van der Waals surface area contributed by atoms with Crippen molar-refractivity contribution in [3.8, 4) is 0 Å². The van der Waals surface area contributed by atoms with Gasteiger partial charge in [-0.05, 0) is 12.1 Å². The zero-order valence-electron chi connectivity index (χ0n) is 8.87. The fraction of sp³-hybridized carbons (Fsp3) is 0.100. The van der Waals surface area contributed by atoms with Crippen LogP contribution in [0, 0.1) is 0 Å². The van der Waals surface area contributed by atoms with Gasteiger partial charge in [0, 0.05) is 6.20 Å². The third-order valence-electron chi connectivity index (χ3n) is 2.23. The number of fused-ring (bicyclic) bond motifs is 1. The predicted molar refractivity (Wildman–Crippen MR) is 60.9 cm³/mol. The number of carbonyl (C=O) groups excluding carboxylic acids is 1. The third kappa shape index (κ3) is 2.17. The lowest BCUT2D eigenvalue weighted by atomic mass is 10.2. The molecule has 0 radical (unpaired) electrons. The molecule has 2 aromatic heterocycles. The van der Waals surface area contributed by atoms with E-state index in [1.165, 1.54) is 6.20 Å². The normalized spacial score (nSPS) is 11.6. The average molecular weight is 233 g/mol. The van der Waals surface area contributed by atoms with E-state index in [4.69, 9.17) is 10.9 Å². The van der Waals surface area contributed by atoms with E-state index in [2.05, 4.69) is 15.6 Å². The first kappa shape index (κ1) is 10.9. The number of rotatable bonds is 3. The SMILES string of the molecule is N/C(CNC(=O)c1cnn2ccccc12)=N/O. The number of nitrogens with two attached hydrogens (primary N) is 1. The summed E-state index contributed by atoms with van der Waals surface area (Å²) < 4.78 is 1.60. The van der Waals surface area contributed by atoms with Gasteiger partial charge in [0.2, 0.25) is 0 Å². The molecule has 2 heterocycles. The standard InChI is InChI=1S/C10H11N5O2/c11-9(14-17)6-12-10(16)7-5-13-15-4-2-1-3-8(7)15/h1-5,17H,6H2,(H2,11,14)(H,12,16). The molecule has 0 unspecified atom stereocenters. The minimum Gasteiger partial charge on any atom is -0.409 e. The van der Waals surface area contributed by atoms with Crippen molar-refractivity contribution in [2.45, 2.75) is 0 Å². The van der Waals surface area contributed by atoms with Crippen molar-refractivity contribution in [2.24, 2.45) is 10.9 Å². The first-order chi connectivity index (χ1) is 8.22. The van der Waals surface area contributed by atoms with Crippen LogP contribution in [0.15, 0.2) is 35.7 Å². The molecule has 0 aliphatic rings. The number of amidine groups is 1. The molecule has 0 aromatic carbocycles. The van der Waals surface area contributed by atoms with E-state index < -0.39 is 0 Å². The topological polar surface area (TPSA) is 105 Å². The summed E-state index contributed by atoms with van der Waals surface area (Å²) in [5.41, 5.74) is 6.39. The maximum atomic E-state index is 11.8. The highest BCUT2D eigenvalue weighted by molar-refractivity contribution is 6.02. The van der Waals surface area contributed by atoms with Gasteiger partial charge in [0.1, 0.15) is 0 Å². The number of pyridine rings is 1. The molecule has 4 N–H and O–H groups in total. The molecule has 0 aliphatic carbocycles. The molecule has 0 saturated carbocycles. The summed E-state index contributed by atoms with van der Waals surface area (Å²) in [4.78, 5) is 11.8. The monoisotopic (exact) mass is 233 g/mol. The molecule has 2 aromatic rings. The van der Waals surface area contributed by atoms with Crippen LogP contribution in [0.4, 0.5) is 0 Å². The van der Waals surface area contributed by atoms with Crippen molar-refractivity contribution in [1.29, 1.82) is 0 Å². The summed E-state index contributed by atoms with van der Waals surface area (Å²) in [6.07, 6.45) is 3.21. The fourth-order valence-corrected chi connectivity index (χ4v) is 1.41. The summed E-state index contributed by atoms with van der Waals surface area (Å²) in [5, 5.41) is 17.7. The molecule has 0 fully saturated rings. The van der Waals surface area contributed by atoms with E-state index in [1.54, 1.807) is 16.8 Å². The van der Waals surface area contributed by atoms with Gasteiger partial charge in [0.15, 0.2) is 5.84 Å². The Morgan fingerprint density at radius 2 is 2.41 bits per heavy atom. The van der Waals surface area contributed by atoms with Crippen LogP contribution in [0.5, 0.6) is 0 Å². The van der Waals surface area contributed by atoms with Crippen LogP contribution in [-0.2, 0) is 0 Å². The van der Waals surface area contributed by atoms with Gasteiger partial charge in [-0.2, -0.15) is 5.10 Å².